The van der Waals surface area contributed by atoms with Gasteiger partial charge in [0.15, 0.2) is 0 Å². The maximum atomic E-state index is 12.4. The van der Waals surface area contributed by atoms with Crippen molar-refractivity contribution in [2.75, 3.05) is 36.9 Å². The second-order valence-electron chi connectivity index (χ2n) is 8.31. The third-order valence-electron chi connectivity index (χ3n) is 5.94. The minimum absolute atomic E-state index is 0.278. The molecule has 4 aromatic rings. The third-order valence-corrected chi connectivity index (χ3v) is 6.62. The Bertz CT molecular complexity index is 1300. The number of hydrogen-bond donors (Lipinski definition) is 3. The van der Waals surface area contributed by atoms with E-state index in [1.54, 1.807) is 0 Å². The van der Waals surface area contributed by atoms with Gasteiger partial charge in [0.1, 0.15) is 0 Å². The van der Waals surface area contributed by atoms with Gasteiger partial charge in [-0.05, 0) is 12.5 Å². The van der Waals surface area contributed by atoms with Crippen LogP contribution < -0.4 is 19.9 Å². The Morgan fingerprint density at radius 3 is 2.49 bits per heavy atom. The number of carbonyl (C=O) groups is 1. The van der Waals surface area contributed by atoms with Crippen LogP contribution >= 0.6 is 0 Å². The number of amides is 2. The van der Waals surface area contributed by atoms with Crippen LogP contribution in [-0.4, -0.2) is 64.2 Å². The number of likely N-dealkylation sites (N-methyl/N-ethyl adjacent to an activating group) is 1. The minimum atomic E-state index is -0.278. The van der Waals surface area contributed by atoms with Crippen LogP contribution in [-0.2, 0) is 0 Å². The van der Waals surface area contributed by atoms with Crippen LogP contribution in [0.3, 0.4) is 0 Å². The van der Waals surface area contributed by atoms with E-state index in [0.717, 1.165) is 63.1 Å². The molecule has 0 unspecified atom stereocenters. The van der Waals surface area contributed by atoms with E-state index in [4.69, 9.17) is 4.74 Å². The molecule has 0 aliphatic heterocycles. The molecule has 0 atom stereocenters. The third kappa shape index (κ3) is 6.05. The Balaban J connectivity index is 1.48. The number of anilines is 2. The van der Waals surface area contributed by atoms with Crippen LogP contribution in [0, 0.1) is 6.92 Å². The number of aryl methyl sites for hydroxylation is 1. The number of H-pyrrole nitrogens is 1. The van der Waals surface area contributed by atoms with E-state index >= 15 is 0 Å². The zero-order valence-corrected chi connectivity index (χ0v) is 22.1. The number of rotatable bonds is 9. The van der Waals surface area contributed by atoms with E-state index in [2.05, 4.69) is 62.5 Å². The van der Waals surface area contributed by atoms with Crippen LogP contribution in [0.1, 0.15) is 19.4 Å². The number of aromatic nitrogens is 2. The second-order valence-corrected chi connectivity index (χ2v) is 9.25. The van der Waals surface area contributed by atoms with E-state index in [0.29, 0.717) is 12.3 Å². The molecule has 2 radical (unpaired) electrons. The van der Waals surface area contributed by atoms with Crippen molar-refractivity contribution in [1.29, 1.82) is 0 Å². The fourth-order valence-corrected chi connectivity index (χ4v) is 4.60. The fourth-order valence-electron chi connectivity index (χ4n) is 4.02. The summed E-state index contributed by atoms with van der Waals surface area (Å²) in [5.74, 6) is 0.774. The monoisotopic (exact) mass is 531 g/mol. The Kier molecular flexibility index (Phi) is 8.11. The number of benzene rings is 3. The van der Waals surface area contributed by atoms with Crippen LogP contribution in [0.5, 0.6) is 5.75 Å². The SMILES string of the molecule is CCN(CC)CCOc1ccc(-c2ccc(NC(=O)Nc3cccc(C)c3)cc2)c2c([As])[nH]nc12. The number of carbonyl (C=O) groups excluding carboxylic acids is 1. The van der Waals surface area contributed by atoms with Crippen molar-refractivity contribution < 1.29 is 9.53 Å². The van der Waals surface area contributed by atoms with Crippen molar-refractivity contribution in [2.45, 2.75) is 20.8 Å². The quantitative estimate of drug-likeness (QED) is 0.274. The second kappa shape index (κ2) is 11.4. The maximum absolute atomic E-state index is 12.4. The van der Waals surface area contributed by atoms with Gasteiger partial charge in [-0.15, -0.1) is 0 Å². The van der Waals surface area contributed by atoms with Gasteiger partial charge in [-0.1, -0.05) is 12.1 Å². The summed E-state index contributed by atoms with van der Waals surface area (Å²) in [4.78, 5) is 14.7. The average molecular weight is 531 g/mol. The predicted octanol–water partition coefficient (Wildman–Crippen LogP) is 4.70. The molecule has 4 rings (SSSR count). The van der Waals surface area contributed by atoms with Gasteiger partial charge in [-0.3, -0.25) is 0 Å². The Morgan fingerprint density at radius 1 is 1.03 bits per heavy atom. The van der Waals surface area contributed by atoms with Crippen molar-refractivity contribution >= 4 is 49.6 Å². The van der Waals surface area contributed by atoms with Gasteiger partial charge in [-0.25, -0.2) is 0 Å². The van der Waals surface area contributed by atoms with E-state index < -0.39 is 0 Å². The molecule has 0 fully saturated rings. The topological polar surface area (TPSA) is 82.3 Å². The molecule has 3 aromatic carbocycles. The summed E-state index contributed by atoms with van der Waals surface area (Å²) in [7, 11) is 0. The summed E-state index contributed by atoms with van der Waals surface area (Å²) in [5, 5.41) is 14.3. The molecule has 2 amide bonds. The van der Waals surface area contributed by atoms with E-state index in [1.807, 2.05) is 61.5 Å². The molecule has 1 heterocycles. The predicted molar refractivity (Wildman–Crippen MR) is 144 cm³/mol. The molecule has 0 aliphatic carbocycles. The van der Waals surface area contributed by atoms with Crippen molar-refractivity contribution in [3.8, 4) is 16.9 Å². The summed E-state index contributed by atoms with van der Waals surface area (Å²) in [5.41, 5.74) is 5.46. The first-order valence-corrected chi connectivity index (χ1v) is 12.7. The Morgan fingerprint density at radius 2 is 1.77 bits per heavy atom. The molecule has 180 valence electrons. The zero-order chi connectivity index (χ0) is 24.8. The van der Waals surface area contributed by atoms with Gasteiger partial charge >= 0.3 is 190 Å². The first-order valence-electron chi connectivity index (χ1n) is 11.8. The molecule has 0 saturated carbocycles. The van der Waals surface area contributed by atoms with Crippen LogP contribution in [0.15, 0.2) is 60.7 Å². The first-order chi connectivity index (χ1) is 17.0. The molecule has 0 bridgehead atoms. The average Bonchev–Trinajstić information content (AvgIpc) is 3.24. The van der Waals surface area contributed by atoms with E-state index in [1.165, 1.54) is 0 Å². The van der Waals surface area contributed by atoms with Gasteiger partial charge in [0, 0.05) is 0 Å². The number of hydrogen-bond acceptors (Lipinski definition) is 4. The number of urea groups is 1. The Hall–Kier alpha value is -3.28. The number of aromatic amines is 1. The molecule has 3 N–H and O–H groups in total. The number of nitrogens with zero attached hydrogens (tertiary/aromatic N) is 2. The number of fused-ring (bicyclic) bond motifs is 1. The van der Waals surface area contributed by atoms with Gasteiger partial charge in [0.25, 0.3) is 0 Å². The number of ether oxygens (including phenoxy) is 1. The number of nitrogens with one attached hydrogen (secondary N) is 3. The zero-order valence-electron chi connectivity index (χ0n) is 20.3. The van der Waals surface area contributed by atoms with Crippen LogP contribution in [0.2, 0.25) is 0 Å². The molecule has 1 aromatic heterocycles. The molecule has 0 spiro atoms. The summed E-state index contributed by atoms with van der Waals surface area (Å²) in [6.07, 6.45) is 0. The first kappa shape index (κ1) is 24.8. The molecular formula is C27H30AsN5O2. The van der Waals surface area contributed by atoms with E-state index in [9.17, 15) is 4.79 Å². The van der Waals surface area contributed by atoms with Crippen molar-refractivity contribution in [3.05, 3.63) is 66.2 Å². The summed E-state index contributed by atoms with van der Waals surface area (Å²) < 4.78 is 7.02. The fraction of sp³-hybridized carbons (Fsp3) is 0.259. The Labute approximate surface area is 214 Å². The van der Waals surface area contributed by atoms with Gasteiger partial charge in [0.2, 0.25) is 0 Å². The van der Waals surface area contributed by atoms with Gasteiger partial charge in [0.05, 0.1) is 0 Å². The standard InChI is InChI=1S/C27H30AsN5O2/c1-4-33(5-2)15-16-35-23-14-13-22(24-25(23)31-32-26(24)28)19-9-11-20(12-10-19)29-27(34)30-21-8-6-7-18(3)17-21/h6-14,17H,4-5,15-16H2,1-3H3,(H,31,32)(H2,29,30,34). The molecule has 35 heavy (non-hydrogen) atoms. The van der Waals surface area contributed by atoms with Crippen molar-refractivity contribution in [2.24, 2.45) is 0 Å². The molecule has 0 aliphatic rings. The summed E-state index contributed by atoms with van der Waals surface area (Å²) in [6, 6.07) is 19.3. The molecule has 7 nitrogen and oxygen atoms in total. The van der Waals surface area contributed by atoms with Crippen LogP contribution in [0.4, 0.5) is 16.2 Å². The normalized spacial score (nSPS) is 11.1. The molecule has 8 heteroatoms. The molecule has 0 saturated heterocycles. The van der Waals surface area contributed by atoms with Gasteiger partial charge in [-0.2, -0.15) is 0 Å². The van der Waals surface area contributed by atoms with E-state index in [-0.39, 0.29) is 6.03 Å². The van der Waals surface area contributed by atoms with Gasteiger partial charge < -0.3 is 0 Å². The van der Waals surface area contributed by atoms with Crippen LogP contribution in [0.25, 0.3) is 22.0 Å². The van der Waals surface area contributed by atoms with Crippen molar-refractivity contribution in [3.63, 3.8) is 0 Å². The van der Waals surface area contributed by atoms with Crippen molar-refractivity contribution in [1.82, 2.24) is 15.1 Å². The molecular weight excluding hydrogens is 501 g/mol. The summed E-state index contributed by atoms with van der Waals surface area (Å²) >= 11 is 2.55. The summed E-state index contributed by atoms with van der Waals surface area (Å²) in [6.45, 7) is 9.80.